The van der Waals surface area contributed by atoms with E-state index in [1.807, 2.05) is 6.07 Å². The van der Waals surface area contributed by atoms with E-state index in [1.54, 1.807) is 12.5 Å². The number of unbranched alkanes of at least 4 members (excludes halogenated alkanes) is 2. The molecule has 2 rings (SSSR count). The minimum absolute atomic E-state index is 0.433. The molecule has 0 fully saturated rings. The first-order valence-electron chi connectivity index (χ1n) is 7.19. The average molecular weight is 257 g/mol. The average Bonchev–Trinajstić information content (AvgIpc) is 2.97. The lowest BCUT2D eigenvalue weighted by Gasteiger charge is -2.19. The Balaban J connectivity index is 1.93. The Kier molecular flexibility index (Phi) is 5.70. The van der Waals surface area contributed by atoms with Gasteiger partial charge in [0.25, 0.3) is 0 Å². The lowest BCUT2D eigenvalue weighted by atomic mass is 10.0. The fourth-order valence-electron chi connectivity index (χ4n) is 2.30. The fraction of sp³-hybridized carbons (Fsp3) is 0.412. The number of rotatable bonds is 8. The molecule has 1 aromatic carbocycles. The molecule has 2 aromatic rings. The van der Waals surface area contributed by atoms with Crippen LogP contribution in [0.3, 0.4) is 0 Å². The zero-order valence-electron chi connectivity index (χ0n) is 11.6. The highest BCUT2D eigenvalue weighted by Crippen LogP contribution is 2.20. The molecule has 0 bridgehead atoms. The highest BCUT2D eigenvalue weighted by Gasteiger charge is 2.10. The van der Waals surface area contributed by atoms with E-state index in [-0.39, 0.29) is 0 Å². The van der Waals surface area contributed by atoms with Crippen LogP contribution in [0.2, 0.25) is 0 Å². The normalized spacial score (nSPS) is 12.5. The molecule has 102 valence electrons. The van der Waals surface area contributed by atoms with E-state index in [2.05, 4.69) is 42.6 Å². The van der Waals surface area contributed by atoms with Gasteiger partial charge < -0.3 is 9.73 Å². The third-order valence-electron chi connectivity index (χ3n) is 3.43. The lowest BCUT2D eigenvalue weighted by Crippen LogP contribution is -2.20. The second kappa shape index (κ2) is 7.80. The van der Waals surface area contributed by atoms with Gasteiger partial charge in [0.2, 0.25) is 0 Å². The summed E-state index contributed by atoms with van der Waals surface area (Å²) in [7, 11) is 0. The van der Waals surface area contributed by atoms with Crippen molar-refractivity contribution in [1.82, 2.24) is 5.32 Å². The molecule has 19 heavy (non-hydrogen) atoms. The number of hydrogen-bond donors (Lipinski definition) is 1. The van der Waals surface area contributed by atoms with Gasteiger partial charge >= 0.3 is 0 Å². The molecule has 0 radical (unpaired) electrons. The van der Waals surface area contributed by atoms with E-state index in [9.17, 15) is 0 Å². The molecule has 1 atom stereocenters. The molecule has 0 spiro atoms. The van der Waals surface area contributed by atoms with Crippen LogP contribution in [0.15, 0.2) is 53.3 Å². The molecule has 0 aliphatic carbocycles. The fourth-order valence-corrected chi connectivity index (χ4v) is 2.30. The van der Waals surface area contributed by atoms with Crippen molar-refractivity contribution in [3.05, 3.63) is 60.1 Å². The maximum absolute atomic E-state index is 5.11. The molecular formula is C17H23NO. The third kappa shape index (κ3) is 4.56. The molecular weight excluding hydrogens is 234 g/mol. The van der Waals surface area contributed by atoms with Crippen molar-refractivity contribution in [3.8, 4) is 0 Å². The highest BCUT2D eigenvalue weighted by atomic mass is 16.3. The van der Waals surface area contributed by atoms with Gasteiger partial charge in [0, 0.05) is 18.2 Å². The zero-order valence-corrected chi connectivity index (χ0v) is 11.6. The molecule has 0 saturated heterocycles. The number of nitrogens with one attached hydrogen (secondary N) is 1. The Bertz CT molecular complexity index is 436. The largest absolute Gasteiger partial charge is 0.472 e. The van der Waals surface area contributed by atoms with Crippen LogP contribution in [0.4, 0.5) is 0 Å². The lowest BCUT2D eigenvalue weighted by molar-refractivity contribution is 0.471. The summed E-state index contributed by atoms with van der Waals surface area (Å²) in [5.74, 6) is 0. The molecule has 0 aliphatic heterocycles. The molecule has 1 aromatic heterocycles. The Labute approximate surface area is 115 Å². The van der Waals surface area contributed by atoms with E-state index in [1.165, 1.54) is 36.8 Å². The summed E-state index contributed by atoms with van der Waals surface area (Å²) in [6.45, 7) is 3.11. The summed E-state index contributed by atoms with van der Waals surface area (Å²) >= 11 is 0. The van der Waals surface area contributed by atoms with Crippen molar-refractivity contribution in [2.45, 2.75) is 45.2 Å². The minimum Gasteiger partial charge on any atom is -0.472 e. The van der Waals surface area contributed by atoms with Gasteiger partial charge in [-0.2, -0.15) is 0 Å². The maximum Gasteiger partial charge on any atom is 0.0947 e. The first kappa shape index (κ1) is 13.9. The second-order valence-electron chi connectivity index (χ2n) is 4.97. The summed E-state index contributed by atoms with van der Waals surface area (Å²) in [5.41, 5.74) is 2.58. The van der Waals surface area contributed by atoms with Gasteiger partial charge in [0.05, 0.1) is 12.5 Å². The van der Waals surface area contributed by atoms with E-state index in [4.69, 9.17) is 4.42 Å². The minimum atomic E-state index is 0.433. The predicted molar refractivity (Wildman–Crippen MR) is 78.9 cm³/mol. The van der Waals surface area contributed by atoms with Crippen LogP contribution in [0.25, 0.3) is 0 Å². The molecule has 0 amide bonds. The van der Waals surface area contributed by atoms with Crippen LogP contribution in [-0.4, -0.2) is 0 Å². The molecule has 1 unspecified atom stereocenters. The predicted octanol–water partition coefficient (Wildman–Crippen LogP) is 4.69. The Morgan fingerprint density at radius 3 is 2.63 bits per heavy atom. The van der Waals surface area contributed by atoms with Gasteiger partial charge in [0.1, 0.15) is 0 Å². The quantitative estimate of drug-likeness (QED) is 0.694. The Morgan fingerprint density at radius 2 is 1.95 bits per heavy atom. The summed E-state index contributed by atoms with van der Waals surface area (Å²) < 4.78 is 5.11. The molecule has 2 heteroatoms. The molecule has 1 N–H and O–H groups in total. The number of furan rings is 1. The van der Waals surface area contributed by atoms with Gasteiger partial charge in [-0.1, -0.05) is 56.5 Å². The van der Waals surface area contributed by atoms with E-state index < -0.39 is 0 Å². The summed E-state index contributed by atoms with van der Waals surface area (Å²) in [5, 5.41) is 3.64. The van der Waals surface area contributed by atoms with Gasteiger partial charge in [-0.25, -0.2) is 0 Å². The smallest absolute Gasteiger partial charge is 0.0947 e. The zero-order chi connectivity index (χ0) is 13.3. The van der Waals surface area contributed by atoms with Crippen molar-refractivity contribution >= 4 is 0 Å². The van der Waals surface area contributed by atoms with Crippen molar-refractivity contribution < 1.29 is 4.42 Å². The molecule has 0 aliphatic rings. The SMILES string of the molecule is CCCCCC(NCc1ccoc1)c1ccccc1. The first-order chi connectivity index (χ1) is 9.40. The number of hydrogen-bond acceptors (Lipinski definition) is 2. The molecule has 1 heterocycles. The maximum atomic E-state index is 5.11. The van der Waals surface area contributed by atoms with Crippen molar-refractivity contribution in [2.24, 2.45) is 0 Å². The van der Waals surface area contributed by atoms with Gasteiger partial charge in [0.15, 0.2) is 0 Å². The van der Waals surface area contributed by atoms with Gasteiger partial charge in [-0.15, -0.1) is 0 Å². The van der Waals surface area contributed by atoms with E-state index in [0.717, 1.165) is 6.54 Å². The standard InChI is InChI=1S/C17H23NO/c1-2-3-5-10-17(16-8-6-4-7-9-16)18-13-15-11-12-19-14-15/h4,6-9,11-12,14,17-18H,2-3,5,10,13H2,1H3. The van der Waals surface area contributed by atoms with Crippen LogP contribution in [-0.2, 0) is 6.54 Å². The Morgan fingerprint density at radius 1 is 1.11 bits per heavy atom. The second-order valence-corrected chi connectivity index (χ2v) is 4.97. The van der Waals surface area contributed by atoms with Crippen molar-refractivity contribution in [1.29, 1.82) is 0 Å². The molecule has 2 nitrogen and oxygen atoms in total. The first-order valence-corrected chi connectivity index (χ1v) is 7.19. The summed E-state index contributed by atoms with van der Waals surface area (Å²) in [4.78, 5) is 0. The van der Waals surface area contributed by atoms with Gasteiger partial charge in [-0.3, -0.25) is 0 Å². The van der Waals surface area contributed by atoms with E-state index in [0.29, 0.717) is 6.04 Å². The van der Waals surface area contributed by atoms with Crippen molar-refractivity contribution in [2.75, 3.05) is 0 Å². The summed E-state index contributed by atoms with van der Waals surface area (Å²) in [6, 6.07) is 13.2. The highest BCUT2D eigenvalue weighted by molar-refractivity contribution is 5.19. The Hall–Kier alpha value is -1.54. The van der Waals surface area contributed by atoms with Crippen LogP contribution in [0.1, 0.15) is 49.8 Å². The molecule has 0 saturated carbocycles. The summed E-state index contributed by atoms with van der Waals surface area (Å²) in [6.07, 6.45) is 8.57. The third-order valence-corrected chi connectivity index (χ3v) is 3.43. The van der Waals surface area contributed by atoms with Crippen LogP contribution in [0.5, 0.6) is 0 Å². The van der Waals surface area contributed by atoms with Crippen molar-refractivity contribution in [3.63, 3.8) is 0 Å². The van der Waals surface area contributed by atoms with Crippen LogP contribution in [0, 0.1) is 0 Å². The monoisotopic (exact) mass is 257 g/mol. The van der Waals surface area contributed by atoms with Crippen LogP contribution < -0.4 is 5.32 Å². The number of benzene rings is 1. The topological polar surface area (TPSA) is 25.2 Å². The van der Waals surface area contributed by atoms with E-state index >= 15 is 0 Å². The van der Waals surface area contributed by atoms with Crippen LogP contribution >= 0.6 is 0 Å². The van der Waals surface area contributed by atoms with Gasteiger partial charge in [-0.05, 0) is 18.1 Å².